The Kier molecular flexibility index (Phi) is 18.2. The minimum atomic E-state index is -1.24. The highest BCUT2D eigenvalue weighted by Gasteiger charge is 2.31. The number of aliphatic hydroxyl groups is 2. The lowest BCUT2D eigenvalue weighted by Gasteiger charge is -2.31. The van der Waals surface area contributed by atoms with Crippen LogP contribution < -0.4 is 5.32 Å². The minimum Gasteiger partial charge on any atom is -0.386 e. The number of likely N-dealkylation sites (N-methyl/N-ethyl adjacent to an activating group) is 1. The Morgan fingerprint density at radius 2 is 1.46 bits per heavy atom. The average Bonchev–Trinajstić information content (AvgIpc) is 2.54. The predicted molar refractivity (Wildman–Crippen MR) is 105 cm³/mol. The van der Waals surface area contributed by atoms with Gasteiger partial charge in [-0.1, -0.05) is 72.1 Å². The van der Waals surface area contributed by atoms with Crippen LogP contribution in [-0.4, -0.2) is 42.3 Å². The number of halogens is 1. The van der Waals surface area contributed by atoms with Crippen molar-refractivity contribution in [1.29, 1.82) is 0 Å². The molecule has 0 fully saturated rings. The predicted octanol–water partition coefficient (Wildman–Crippen LogP) is 4.27. The molecular formula is C19H42ClNO3. The van der Waals surface area contributed by atoms with E-state index in [9.17, 15) is 10.2 Å². The number of hydrogen-bond donors (Lipinski definition) is 3. The third kappa shape index (κ3) is 13.4. The van der Waals surface area contributed by atoms with Crippen molar-refractivity contribution in [3.05, 3.63) is 0 Å². The summed E-state index contributed by atoms with van der Waals surface area (Å²) in [6, 6.07) is 0. The van der Waals surface area contributed by atoms with Crippen LogP contribution in [0.15, 0.2) is 0 Å². The van der Waals surface area contributed by atoms with Gasteiger partial charge in [-0.25, -0.2) is 0 Å². The Morgan fingerprint density at radius 3 is 1.92 bits per heavy atom. The average molecular weight is 368 g/mol. The SMILES string of the molecule is CCC(O)(NC)C(O)COCCCCCCCCCCC(C)C.Cl. The van der Waals surface area contributed by atoms with E-state index < -0.39 is 11.8 Å². The van der Waals surface area contributed by atoms with Gasteiger partial charge in [-0.15, -0.1) is 12.4 Å². The van der Waals surface area contributed by atoms with Crippen LogP contribution in [0.25, 0.3) is 0 Å². The van der Waals surface area contributed by atoms with E-state index in [2.05, 4.69) is 19.2 Å². The van der Waals surface area contributed by atoms with Crippen LogP contribution in [0.4, 0.5) is 0 Å². The van der Waals surface area contributed by atoms with Gasteiger partial charge in [-0.3, -0.25) is 5.32 Å². The van der Waals surface area contributed by atoms with Gasteiger partial charge in [0.05, 0.1) is 6.61 Å². The number of unbranched alkanes of at least 4 members (excludes halogenated alkanes) is 7. The largest absolute Gasteiger partial charge is 0.386 e. The van der Waals surface area contributed by atoms with E-state index in [0.29, 0.717) is 13.0 Å². The van der Waals surface area contributed by atoms with Crippen molar-refractivity contribution in [1.82, 2.24) is 5.32 Å². The minimum absolute atomic E-state index is 0. The maximum absolute atomic E-state index is 10.0. The molecule has 0 aliphatic rings. The van der Waals surface area contributed by atoms with Gasteiger partial charge in [0, 0.05) is 6.61 Å². The second-order valence-electron chi connectivity index (χ2n) is 7.13. The van der Waals surface area contributed by atoms with Gasteiger partial charge in [0.25, 0.3) is 0 Å². The Hall–Kier alpha value is 0.130. The van der Waals surface area contributed by atoms with E-state index in [1.807, 2.05) is 6.92 Å². The lowest BCUT2D eigenvalue weighted by atomic mass is 10.0. The van der Waals surface area contributed by atoms with E-state index in [0.717, 1.165) is 12.3 Å². The van der Waals surface area contributed by atoms with Crippen molar-refractivity contribution in [2.75, 3.05) is 20.3 Å². The quantitative estimate of drug-likeness (QED) is 0.281. The number of rotatable bonds is 16. The van der Waals surface area contributed by atoms with Crippen LogP contribution >= 0.6 is 12.4 Å². The summed E-state index contributed by atoms with van der Waals surface area (Å²) in [6.45, 7) is 7.27. The summed E-state index contributed by atoms with van der Waals surface area (Å²) < 4.78 is 5.48. The number of hydrogen-bond acceptors (Lipinski definition) is 4. The highest BCUT2D eigenvalue weighted by atomic mass is 35.5. The summed E-state index contributed by atoms with van der Waals surface area (Å²) in [7, 11) is 1.65. The molecule has 0 spiro atoms. The maximum atomic E-state index is 10.0. The lowest BCUT2D eigenvalue weighted by Crippen LogP contribution is -2.54. The first-order valence-corrected chi connectivity index (χ1v) is 9.63. The highest BCUT2D eigenvalue weighted by molar-refractivity contribution is 5.85. The smallest absolute Gasteiger partial charge is 0.143 e. The van der Waals surface area contributed by atoms with Crippen LogP contribution in [0.5, 0.6) is 0 Å². The molecule has 148 valence electrons. The third-order valence-electron chi connectivity index (χ3n) is 4.62. The molecule has 0 aliphatic carbocycles. The first-order chi connectivity index (χ1) is 11.0. The molecular weight excluding hydrogens is 326 g/mol. The summed E-state index contributed by atoms with van der Waals surface area (Å²) in [5.41, 5.74) is -1.24. The summed E-state index contributed by atoms with van der Waals surface area (Å²) >= 11 is 0. The second-order valence-corrected chi connectivity index (χ2v) is 7.13. The fourth-order valence-electron chi connectivity index (χ4n) is 2.73. The first kappa shape index (κ1) is 26.4. The molecule has 0 radical (unpaired) electrons. The van der Waals surface area contributed by atoms with Crippen molar-refractivity contribution >= 4 is 12.4 Å². The summed E-state index contributed by atoms with van der Waals surface area (Å²) in [5.74, 6) is 0.843. The Bertz CT molecular complexity index is 261. The molecule has 0 aromatic carbocycles. The van der Waals surface area contributed by atoms with Gasteiger partial charge in [0.2, 0.25) is 0 Å². The fraction of sp³-hybridized carbons (Fsp3) is 1.00. The molecule has 0 rings (SSSR count). The number of nitrogens with one attached hydrogen (secondary N) is 1. The van der Waals surface area contributed by atoms with E-state index in [-0.39, 0.29) is 19.0 Å². The van der Waals surface area contributed by atoms with Crippen LogP contribution in [0.1, 0.15) is 85.0 Å². The molecule has 0 heterocycles. The topological polar surface area (TPSA) is 61.7 Å². The van der Waals surface area contributed by atoms with Crippen molar-refractivity contribution in [2.45, 2.75) is 96.8 Å². The monoisotopic (exact) mass is 367 g/mol. The molecule has 3 N–H and O–H groups in total. The lowest BCUT2D eigenvalue weighted by molar-refractivity contribution is -0.124. The van der Waals surface area contributed by atoms with Crippen molar-refractivity contribution in [2.24, 2.45) is 5.92 Å². The zero-order valence-electron chi connectivity index (χ0n) is 16.4. The van der Waals surface area contributed by atoms with Gasteiger partial charge in [0.1, 0.15) is 11.8 Å². The molecule has 0 aromatic rings. The third-order valence-corrected chi connectivity index (χ3v) is 4.62. The molecule has 4 nitrogen and oxygen atoms in total. The van der Waals surface area contributed by atoms with Crippen LogP contribution in [0.2, 0.25) is 0 Å². The second kappa shape index (κ2) is 16.6. The standard InChI is InChI=1S/C19H41NO3.ClH/c1-5-19(22,20-4)18(21)16-23-15-13-11-9-7-6-8-10-12-14-17(2)3;/h17-18,20-22H,5-16H2,1-4H3;1H. The van der Waals surface area contributed by atoms with E-state index in [1.165, 1.54) is 51.4 Å². The van der Waals surface area contributed by atoms with Crippen molar-refractivity contribution < 1.29 is 14.9 Å². The maximum Gasteiger partial charge on any atom is 0.143 e. The molecule has 0 saturated carbocycles. The molecule has 0 saturated heterocycles. The number of ether oxygens (including phenoxy) is 1. The number of aliphatic hydroxyl groups excluding tert-OH is 1. The highest BCUT2D eigenvalue weighted by Crippen LogP contribution is 2.13. The zero-order chi connectivity index (χ0) is 17.6. The molecule has 2 atom stereocenters. The summed E-state index contributed by atoms with van der Waals surface area (Å²) in [4.78, 5) is 0. The van der Waals surface area contributed by atoms with Crippen LogP contribution in [0, 0.1) is 5.92 Å². The molecule has 0 amide bonds. The molecule has 0 bridgehead atoms. The molecule has 0 aliphatic heterocycles. The summed E-state index contributed by atoms with van der Waals surface area (Å²) in [5, 5.41) is 22.7. The fourth-order valence-corrected chi connectivity index (χ4v) is 2.73. The molecule has 2 unspecified atom stereocenters. The Balaban J connectivity index is 0. The normalized spacial score (nSPS) is 15.1. The Labute approximate surface area is 156 Å². The zero-order valence-corrected chi connectivity index (χ0v) is 17.2. The van der Waals surface area contributed by atoms with Gasteiger partial charge < -0.3 is 14.9 Å². The van der Waals surface area contributed by atoms with Crippen molar-refractivity contribution in [3.63, 3.8) is 0 Å². The molecule has 5 heteroatoms. The van der Waals surface area contributed by atoms with Gasteiger partial charge in [-0.05, 0) is 25.8 Å². The van der Waals surface area contributed by atoms with Crippen molar-refractivity contribution in [3.8, 4) is 0 Å². The molecule has 0 aromatic heterocycles. The van der Waals surface area contributed by atoms with Crippen LogP contribution in [-0.2, 0) is 4.74 Å². The summed E-state index contributed by atoms with van der Waals surface area (Å²) in [6.07, 6.45) is 11.2. The van der Waals surface area contributed by atoms with Gasteiger partial charge in [0.15, 0.2) is 0 Å². The Morgan fingerprint density at radius 1 is 0.958 bits per heavy atom. The molecule has 24 heavy (non-hydrogen) atoms. The van der Waals surface area contributed by atoms with E-state index in [1.54, 1.807) is 7.05 Å². The van der Waals surface area contributed by atoms with Crippen LogP contribution in [0.3, 0.4) is 0 Å². The van der Waals surface area contributed by atoms with E-state index in [4.69, 9.17) is 4.74 Å². The van der Waals surface area contributed by atoms with E-state index >= 15 is 0 Å². The van der Waals surface area contributed by atoms with Gasteiger partial charge in [-0.2, -0.15) is 0 Å². The first-order valence-electron chi connectivity index (χ1n) is 9.63. The van der Waals surface area contributed by atoms with Gasteiger partial charge >= 0.3 is 0 Å².